The highest BCUT2D eigenvalue weighted by Gasteiger charge is 2.26. The molecular formula is C23H31N3O4S. The van der Waals surface area contributed by atoms with E-state index in [1.165, 1.54) is 16.3 Å². The lowest BCUT2D eigenvalue weighted by Crippen LogP contribution is -2.46. The van der Waals surface area contributed by atoms with Gasteiger partial charge >= 0.3 is 0 Å². The molecule has 0 heterocycles. The molecule has 0 fully saturated rings. The van der Waals surface area contributed by atoms with E-state index in [4.69, 9.17) is 0 Å². The Labute approximate surface area is 185 Å². The fourth-order valence-corrected chi connectivity index (χ4v) is 4.32. The van der Waals surface area contributed by atoms with Crippen LogP contribution in [0.1, 0.15) is 30.9 Å². The molecule has 1 atom stereocenters. The molecule has 2 amide bonds. The Morgan fingerprint density at radius 2 is 1.74 bits per heavy atom. The second kappa shape index (κ2) is 10.9. The van der Waals surface area contributed by atoms with Crippen molar-refractivity contribution in [3.63, 3.8) is 0 Å². The molecular weight excluding hydrogens is 414 g/mol. The predicted octanol–water partition coefficient (Wildman–Crippen LogP) is 2.70. The van der Waals surface area contributed by atoms with Crippen molar-refractivity contribution in [2.24, 2.45) is 0 Å². The zero-order chi connectivity index (χ0) is 23.0. The Hall–Kier alpha value is -2.87. The first kappa shape index (κ1) is 24.4. The van der Waals surface area contributed by atoms with Crippen LogP contribution in [0.4, 0.5) is 5.69 Å². The molecule has 0 bridgehead atoms. The molecule has 2 rings (SSSR count). The number of amides is 2. The lowest BCUT2D eigenvalue weighted by molar-refractivity contribution is -0.140. The van der Waals surface area contributed by atoms with Gasteiger partial charge in [-0.25, -0.2) is 8.42 Å². The zero-order valence-corrected chi connectivity index (χ0v) is 19.4. The number of hydrogen-bond donors (Lipinski definition) is 1. The minimum Gasteiger partial charge on any atom is -0.357 e. The fraction of sp³-hybridized carbons (Fsp3) is 0.391. The topological polar surface area (TPSA) is 86.8 Å². The summed E-state index contributed by atoms with van der Waals surface area (Å²) in [6.07, 6.45) is 1.63. The highest BCUT2D eigenvalue weighted by Crippen LogP contribution is 2.20. The molecule has 7 nitrogen and oxygen atoms in total. The van der Waals surface area contributed by atoms with Crippen molar-refractivity contribution >= 4 is 27.5 Å². The van der Waals surface area contributed by atoms with Crippen LogP contribution < -0.4 is 9.62 Å². The molecule has 0 saturated heterocycles. The first-order valence-corrected chi connectivity index (χ1v) is 12.1. The fourth-order valence-electron chi connectivity index (χ4n) is 3.36. The summed E-state index contributed by atoms with van der Waals surface area (Å²) in [6.45, 7) is 4.08. The maximum atomic E-state index is 13.0. The van der Waals surface area contributed by atoms with E-state index in [9.17, 15) is 18.0 Å². The van der Waals surface area contributed by atoms with E-state index in [2.05, 4.69) is 5.32 Å². The van der Waals surface area contributed by atoms with Crippen LogP contribution >= 0.6 is 0 Å². The summed E-state index contributed by atoms with van der Waals surface area (Å²) in [6, 6.07) is 16.1. The number of nitrogens with zero attached hydrogens (tertiary/aromatic N) is 2. The van der Waals surface area contributed by atoms with Gasteiger partial charge in [0, 0.05) is 26.6 Å². The summed E-state index contributed by atoms with van der Waals surface area (Å²) in [5, 5.41) is 2.59. The Morgan fingerprint density at radius 1 is 1.06 bits per heavy atom. The van der Waals surface area contributed by atoms with Crippen LogP contribution in [0.5, 0.6) is 0 Å². The van der Waals surface area contributed by atoms with Gasteiger partial charge in [-0.15, -0.1) is 0 Å². The van der Waals surface area contributed by atoms with Gasteiger partial charge in [-0.05, 0) is 43.5 Å². The van der Waals surface area contributed by atoms with Gasteiger partial charge in [0.1, 0.15) is 6.04 Å². The van der Waals surface area contributed by atoms with Crippen LogP contribution in [0.2, 0.25) is 0 Å². The molecule has 0 aliphatic rings. The Balaban J connectivity index is 2.12. The van der Waals surface area contributed by atoms with Gasteiger partial charge in [0.2, 0.25) is 21.8 Å². The Bertz CT molecular complexity index is 993. The highest BCUT2D eigenvalue weighted by atomic mass is 32.2. The molecule has 0 aliphatic heterocycles. The second-order valence-electron chi connectivity index (χ2n) is 7.58. The van der Waals surface area contributed by atoms with E-state index < -0.39 is 16.1 Å². The number of carbonyl (C=O) groups excluding carboxylic acids is 2. The molecule has 0 spiro atoms. The second-order valence-corrected chi connectivity index (χ2v) is 9.48. The number of rotatable bonds is 10. The highest BCUT2D eigenvalue weighted by molar-refractivity contribution is 7.92. The summed E-state index contributed by atoms with van der Waals surface area (Å²) < 4.78 is 25.9. The third kappa shape index (κ3) is 7.10. The molecule has 0 unspecified atom stereocenters. The largest absolute Gasteiger partial charge is 0.357 e. The normalized spacial score (nSPS) is 12.1. The lowest BCUT2D eigenvalue weighted by Gasteiger charge is -2.29. The van der Waals surface area contributed by atoms with Gasteiger partial charge in [-0.2, -0.15) is 0 Å². The molecule has 2 aromatic rings. The summed E-state index contributed by atoms with van der Waals surface area (Å²) in [5.74, 6) is -0.445. The van der Waals surface area contributed by atoms with Crippen LogP contribution in [0.25, 0.3) is 0 Å². The molecule has 0 aliphatic carbocycles. The standard InChI is InChI=1S/C23H31N3O4S/c1-18-10-8-13-21(16-18)26(31(4,29)30)15-9-14-22(27)25(19(2)23(28)24-3)17-20-11-6-5-7-12-20/h5-8,10-13,16,19H,9,14-15,17H2,1-4H3,(H,24,28)/t19-/m0/s1. The van der Waals surface area contributed by atoms with Crippen LogP contribution in [-0.4, -0.2) is 51.0 Å². The SMILES string of the molecule is CNC(=O)[C@H](C)N(Cc1ccccc1)C(=O)CCCN(c1cccc(C)c1)S(C)(=O)=O. The van der Waals surface area contributed by atoms with E-state index in [1.807, 2.05) is 43.3 Å². The van der Waals surface area contributed by atoms with Crippen molar-refractivity contribution in [1.82, 2.24) is 10.2 Å². The van der Waals surface area contributed by atoms with E-state index in [0.717, 1.165) is 17.4 Å². The molecule has 31 heavy (non-hydrogen) atoms. The van der Waals surface area contributed by atoms with Gasteiger partial charge in [0.25, 0.3) is 0 Å². The van der Waals surface area contributed by atoms with Crippen LogP contribution in [0, 0.1) is 6.92 Å². The Morgan fingerprint density at radius 3 is 2.32 bits per heavy atom. The number of anilines is 1. The minimum atomic E-state index is -3.49. The number of nitrogens with one attached hydrogen (secondary N) is 1. The van der Waals surface area contributed by atoms with E-state index >= 15 is 0 Å². The maximum absolute atomic E-state index is 13.0. The van der Waals surface area contributed by atoms with Crippen LogP contribution in [0.3, 0.4) is 0 Å². The number of hydrogen-bond acceptors (Lipinski definition) is 4. The Kier molecular flexibility index (Phi) is 8.62. The van der Waals surface area contributed by atoms with Gasteiger partial charge in [0.15, 0.2) is 0 Å². The third-order valence-corrected chi connectivity index (χ3v) is 6.25. The van der Waals surface area contributed by atoms with Gasteiger partial charge < -0.3 is 10.2 Å². The summed E-state index contributed by atoms with van der Waals surface area (Å²) in [4.78, 5) is 26.7. The maximum Gasteiger partial charge on any atom is 0.242 e. The smallest absolute Gasteiger partial charge is 0.242 e. The molecule has 2 aromatic carbocycles. The first-order valence-electron chi connectivity index (χ1n) is 10.2. The molecule has 0 saturated carbocycles. The van der Waals surface area contributed by atoms with Crippen LogP contribution in [-0.2, 0) is 26.2 Å². The first-order chi connectivity index (χ1) is 14.6. The minimum absolute atomic E-state index is 0.131. The molecule has 8 heteroatoms. The van der Waals surface area contributed by atoms with Crippen molar-refractivity contribution < 1.29 is 18.0 Å². The average molecular weight is 446 g/mol. The van der Waals surface area contributed by atoms with Crippen molar-refractivity contribution in [3.05, 3.63) is 65.7 Å². The van der Waals surface area contributed by atoms with Crippen LogP contribution in [0.15, 0.2) is 54.6 Å². The molecule has 0 aromatic heterocycles. The number of benzene rings is 2. The summed E-state index contributed by atoms with van der Waals surface area (Å²) in [7, 11) is -1.95. The monoisotopic (exact) mass is 445 g/mol. The van der Waals surface area contributed by atoms with Gasteiger partial charge in [-0.1, -0.05) is 42.5 Å². The predicted molar refractivity (Wildman–Crippen MR) is 123 cm³/mol. The summed E-state index contributed by atoms with van der Waals surface area (Å²) >= 11 is 0. The van der Waals surface area contributed by atoms with Crippen molar-refractivity contribution in [2.75, 3.05) is 24.2 Å². The summed E-state index contributed by atoms with van der Waals surface area (Å²) in [5.41, 5.74) is 2.45. The quantitative estimate of drug-likeness (QED) is 0.609. The lowest BCUT2D eigenvalue weighted by atomic mass is 10.1. The number of sulfonamides is 1. The van der Waals surface area contributed by atoms with E-state index in [0.29, 0.717) is 18.7 Å². The number of carbonyl (C=O) groups is 2. The number of likely N-dealkylation sites (N-methyl/N-ethyl adjacent to an activating group) is 1. The van der Waals surface area contributed by atoms with Gasteiger partial charge in [0.05, 0.1) is 11.9 Å². The molecule has 0 radical (unpaired) electrons. The third-order valence-electron chi connectivity index (χ3n) is 5.05. The molecule has 1 N–H and O–H groups in total. The van der Waals surface area contributed by atoms with E-state index in [1.54, 1.807) is 25.1 Å². The number of aryl methyl sites for hydroxylation is 1. The van der Waals surface area contributed by atoms with Crippen molar-refractivity contribution in [1.29, 1.82) is 0 Å². The van der Waals surface area contributed by atoms with Crippen molar-refractivity contribution in [3.8, 4) is 0 Å². The average Bonchev–Trinajstić information content (AvgIpc) is 2.73. The van der Waals surface area contributed by atoms with E-state index in [-0.39, 0.29) is 24.8 Å². The molecule has 168 valence electrons. The zero-order valence-electron chi connectivity index (χ0n) is 18.5. The van der Waals surface area contributed by atoms with Gasteiger partial charge in [-0.3, -0.25) is 13.9 Å². The van der Waals surface area contributed by atoms with Crippen molar-refractivity contribution in [2.45, 2.75) is 39.3 Å².